The van der Waals surface area contributed by atoms with Crippen LogP contribution in [0, 0.1) is 5.82 Å². The molecule has 0 aliphatic heterocycles. The molecule has 0 spiro atoms. The second-order valence-electron chi connectivity index (χ2n) is 7.89. The van der Waals surface area contributed by atoms with Crippen molar-refractivity contribution in [1.29, 1.82) is 0 Å². The van der Waals surface area contributed by atoms with E-state index in [9.17, 15) is 17.6 Å². The molecule has 0 saturated heterocycles. The van der Waals surface area contributed by atoms with Crippen molar-refractivity contribution in [2.24, 2.45) is 0 Å². The van der Waals surface area contributed by atoms with Gasteiger partial charge in [-0.25, -0.2) is 4.39 Å². The van der Waals surface area contributed by atoms with E-state index >= 15 is 0 Å². The zero-order valence-corrected chi connectivity index (χ0v) is 20.0. The maximum Gasteiger partial charge on any atom is 0.339 e. The quantitative estimate of drug-likeness (QED) is 0.360. The van der Waals surface area contributed by atoms with E-state index in [-0.39, 0.29) is 29.2 Å². The molecule has 0 heterocycles. The van der Waals surface area contributed by atoms with Gasteiger partial charge in [0.1, 0.15) is 23.1 Å². The van der Waals surface area contributed by atoms with Crippen LogP contribution in [0.4, 0.5) is 4.39 Å². The lowest BCUT2D eigenvalue weighted by atomic mass is 10.1. The molecule has 0 aromatic heterocycles. The van der Waals surface area contributed by atoms with Crippen molar-refractivity contribution in [3.05, 3.63) is 95.8 Å². The first kappa shape index (κ1) is 25.4. The van der Waals surface area contributed by atoms with Crippen LogP contribution in [-0.4, -0.2) is 31.9 Å². The summed E-state index contributed by atoms with van der Waals surface area (Å²) >= 11 is 0. The first-order valence-electron chi connectivity index (χ1n) is 11.0. The van der Waals surface area contributed by atoms with E-state index in [2.05, 4.69) is 0 Å². The Kier molecular flexibility index (Phi) is 8.79. The second kappa shape index (κ2) is 11.8. The molecular formula is C26H28FNO5S. The van der Waals surface area contributed by atoms with Crippen LogP contribution < -0.4 is 4.18 Å². The number of hydrogen-bond donors (Lipinski definition) is 0. The average molecular weight is 486 g/mol. The molecule has 1 atom stereocenters. The zero-order valence-electron chi connectivity index (χ0n) is 19.2. The number of carbonyl (C=O) groups excluding carboxylic acids is 1. The van der Waals surface area contributed by atoms with Crippen LogP contribution in [0.3, 0.4) is 0 Å². The molecule has 34 heavy (non-hydrogen) atoms. The first-order valence-corrected chi connectivity index (χ1v) is 12.4. The van der Waals surface area contributed by atoms with Crippen LogP contribution in [0.2, 0.25) is 0 Å². The third-order valence-electron chi connectivity index (χ3n) is 5.36. The predicted molar refractivity (Wildman–Crippen MR) is 127 cm³/mol. The fraction of sp³-hybridized carbons (Fsp3) is 0.269. The molecule has 0 fully saturated rings. The highest BCUT2D eigenvalue weighted by Crippen LogP contribution is 2.21. The molecule has 180 valence electrons. The van der Waals surface area contributed by atoms with Gasteiger partial charge in [-0.2, -0.15) is 8.42 Å². The highest BCUT2D eigenvalue weighted by atomic mass is 32.2. The number of nitrogens with zero attached hydrogens (tertiary/aromatic N) is 1. The van der Waals surface area contributed by atoms with Gasteiger partial charge in [0, 0.05) is 12.6 Å². The molecule has 0 radical (unpaired) electrons. The van der Waals surface area contributed by atoms with E-state index in [1.54, 1.807) is 17.0 Å². The van der Waals surface area contributed by atoms with E-state index in [4.69, 9.17) is 8.92 Å². The molecule has 0 bridgehead atoms. The number of halogens is 1. The minimum atomic E-state index is -4.08. The van der Waals surface area contributed by atoms with Crippen molar-refractivity contribution >= 4 is 16.0 Å². The molecule has 0 unspecified atom stereocenters. The number of carbonyl (C=O) groups is 1. The average Bonchev–Trinajstić information content (AvgIpc) is 2.83. The van der Waals surface area contributed by atoms with Gasteiger partial charge in [-0.3, -0.25) is 4.79 Å². The van der Waals surface area contributed by atoms with Crippen molar-refractivity contribution in [2.45, 2.75) is 44.4 Å². The SMILES string of the molecule is CC[C@@H](C)N(Cc1ccc(OS(=O)(=O)c2ccc(F)cc2)cc1)C(=O)COCc1ccccc1. The van der Waals surface area contributed by atoms with Crippen molar-refractivity contribution in [3.63, 3.8) is 0 Å². The lowest BCUT2D eigenvalue weighted by Crippen LogP contribution is -2.40. The number of amides is 1. The van der Waals surface area contributed by atoms with Crippen LogP contribution >= 0.6 is 0 Å². The summed E-state index contributed by atoms with van der Waals surface area (Å²) in [7, 11) is -4.08. The molecular weight excluding hydrogens is 457 g/mol. The van der Waals surface area contributed by atoms with E-state index in [0.717, 1.165) is 41.8 Å². The largest absolute Gasteiger partial charge is 0.379 e. The van der Waals surface area contributed by atoms with E-state index < -0.39 is 15.9 Å². The number of benzene rings is 3. The van der Waals surface area contributed by atoms with E-state index in [1.807, 2.05) is 44.2 Å². The number of ether oxygens (including phenoxy) is 1. The molecule has 1 amide bonds. The highest BCUT2D eigenvalue weighted by molar-refractivity contribution is 7.87. The Balaban J connectivity index is 1.62. The van der Waals surface area contributed by atoms with E-state index in [0.29, 0.717) is 13.2 Å². The van der Waals surface area contributed by atoms with Gasteiger partial charge in [0.15, 0.2) is 0 Å². The summed E-state index contributed by atoms with van der Waals surface area (Å²) in [6.45, 7) is 4.66. The Hall–Kier alpha value is -3.23. The normalized spacial score (nSPS) is 12.2. The van der Waals surface area contributed by atoms with Crippen LogP contribution in [0.5, 0.6) is 5.75 Å². The number of hydrogen-bond acceptors (Lipinski definition) is 5. The van der Waals surface area contributed by atoms with Crippen LogP contribution in [0.15, 0.2) is 83.8 Å². The molecule has 3 aromatic rings. The zero-order chi connectivity index (χ0) is 24.6. The Bertz CT molecular complexity index is 1170. The van der Waals surface area contributed by atoms with Crippen molar-refractivity contribution < 1.29 is 26.5 Å². The summed E-state index contributed by atoms with van der Waals surface area (Å²) in [5.74, 6) is -0.528. The third kappa shape index (κ3) is 7.13. The number of rotatable bonds is 11. The molecule has 6 nitrogen and oxygen atoms in total. The summed E-state index contributed by atoms with van der Waals surface area (Å²) in [5.41, 5.74) is 1.82. The summed E-state index contributed by atoms with van der Waals surface area (Å²) in [6.07, 6.45) is 0.779. The molecule has 0 aliphatic carbocycles. The minimum absolute atomic E-state index is 0.00241. The summed E-state index contributed by atoms with van der Waals surface area (Å²) in [6, 6.07) is 20.5. The second-order valence-corrected chi connectivity index (χ2v) is 9.44. The molecule has 0 saturated carbocycles. The maximum absolute atomic E-state index is 13.1. The van der Waals surface area contributed by atoms with Crippen LogP contribution in [-0.2, 0) is 32.8 Å². The molecule has 8 heteroatoms. The highest BCUT2D eigenvalue weighted by Gasteiger charge is 2.20. The fourth-order valence-corrected chi connectivity index (χ4v) is 4.18. The molecule has 0 aliphatic rings. The third-order valence-corrected chi connectivity index (χ3v) is 6.63. The topological polar surface area (TPSA) is 72.9 Å². The van der Waals surface area contributed by atoms with Gasteiger partial charge in [0.25, 0.3) is 0 Å². The van der Waals surface area contributed by atoms with Gasteiger partial charge >= 0.3 is 10.1 Å². The van der Waals surface area contributed by atoms with Crippen molar-refractivity contribution in [1.82, 2.24) is 4.90 Å². The Labute approximate surface area is 200 Å². The molecule has 0 N–H and O–H groups in total. The smallest absolute Gasteiger partial charge is 0.339 e. The van der Waals surface area contributed by atoms with Gasteiger partial charge < -0.3 is 13.8 Å². The lowest BCUT2D eigenvalue weighted by molar-refractivity contribution is -0.139. The van der Waals surface area contributed by atoms with E-state index in [1.165, 1.54) is 12.1 Å². The van der Waals surface area contributed by atoms with Crippen molar-refractivity contribution in [2.75, 3.05) is 6.61 Å². The fourth-order valence-electron chi connectivity index (χ4n) is 3.25. The lowest BCUT2D eigenvalue weighted by Gasteiger charge is -2.29. The van der Waals surface area contributed by atoms with Gasteiger partial charge in [0.05, 0.1) is 6.61 Å². The predicted octanol–water partition coefficient (Wildman–Crippen LogP) is 4.94. The van der Waals surface area contributed by atoms with Gasteiger partial charge in [-0.15, -0.1) is 0 Å². The summed E-state index contributed by atoms with van der Waals surface area (Å²) in [4.78, 5) is 14.5. The van der Waals surface area contributed by atoms with Gasteiger partial charge in [-0.1, -0.05) is 49.4 Å². The Morgan fingerprint density at radius 2 is 1.59 bits per heavy atom. The Morgan fingerprint density at radius 3 is 2.21 bits per heavy atom. The van der Waals surface area contributed by atoms with Crippen molar-refractivity contribution in [3.8, 4) is 5.75 Å². The Morgan fingerprint density at radius 1 is 0.941 bits per heavy atom. The summed E-state index contributed by atoms with van der Waals surface area (Å²) < 4.78 is 48.6. The molecule has 3 rings (SSSR count). The van der Waals surface area contributed by atoms with Gasteiger partial charge in [-0.05, 0) is 60.9 Å². The van der Waals surface area contributed by atoms with Crippen LogP contribution in [0.1, 0.15) is 31.4 Å². The summed E-state index contributed by atoms with van der Waals surface area (Å²) in [5, 5.41) is 0. The maximum atomic E-state index is 13.1. The van der Waals surface area contributed by atoms with Crippen LogP contribution in [0.25, 0.3) is 0 Å². The minimum Gasteiger partial charge on any atom is -0.379 e. The first-order chi connectivity index (χ1) is 16.3. The monoisotopic (exact) mass is 485 g/mol. The van der Waals surface area contributed by atoms with Gasteiger partial charge in [0.2, 0.25) is 5.91 Å². The standard InChI is InChI=1S/C26H28FNO5S/c1-3-20(2)28(26(29)19-32-18-22-7-5-4-6-8-22)17-21-9-13-24(14-10-21)33-34(30,31)25-15-11-23(27)12-16-25/h4-16,20H,3,17-19H2,1-2H3/t20-/m1/s1. The molecule has 3 aromatic carbocycles.